The highest BCUT2D eigenvalue weighted by molar-refractivity contribution is 7.22. The Morgan fingerprint density at radius 2 is 1.97 bits per heavy atom. The number of nitrogen functional groups attached to an aromatic ring is 1. The number of hydrogen-bond acceptors (Lipinski definition) is 8. The summed E-state index contributed by atoms with van der Waals surface area (Å²) >= 11 is 1.70. The van der Waals surface area contributed by atoms with Crippen molar-refractivity contribution in [3.05, 3.63) is 24.5 Å². The van der Waals surface area contributed by atoms with E-state index in [4.69, 9.17) is 20.6 Å². The maximum Gasteiger partial charge on any atom is 0.186 e. The average molecular weight is 412 g/mol. The molecule has 4 aromatic rings. The van der Waals surface area contributed by atoms with Crippen molar-refractivity contribution >= 4 is 43.5 Å². The van der Waals surface area contributed by atoms with E-state index in [0.717, 1.165) is 63.9 Å². The third-order valence-corrected chi connectivity index (χ3v) is 6.02. The van der Waals surface area contributed by atoms with E-state index in [9.17, 15) is 0 Å². The lowest BCUT2D eigenvalue weighted by molar-refractivity contribution is 0.122. The third kappa shape index (κ3) is 3.30. The molecule has 1 aliphatic rings. The zero-order valence-electron chi connectivity index (χ0n) is 15.8. The van der Waals surface area contributed by atoms with Gasteiger partial charge in [-0.1, -0.05) is 24.8 Å². The Morgan fingerprint density at radius 3 is 2.72 bits per heavy atom. The van der Waals surface area contributed by atoms with Crippen LogP contribution in [-0.2, 0) is 4.74 Å². The molecular weight excluding hydrogens is 386 g/mol. The lowest BCUT2D eigenvalue weighted by atomic mass is 10.1. The number of ether oxygens (including phenoxy) is 1. The number of aromatic nitrogens is 5. The summed E-state index contributed by atoms with van der Waals surface area (Å²) in [5.74, 6) is 0.449. The molecule has 5 rings (SSSR count). The summed E-state index contributed by atoms with van der Waals surface area (Å²) < 4.78 is 8.47. The SMILES string of the molecule is C.CC(C)n1nc(-c2ccc3nc(N4CCOCC4)sc3c2)c2c(N)ncnc21. The minimum absolute atomic E-state index is 0. The van der Waals surface area contributed by atoms with Gasteiger partial charge in [0.05, 0.1) is 28.8 Å². The van der Waals surface area contributed by atoms with E-state index in [1.807, 2.05) is 16.8 Å². The standard InChI is InChI=1S/C19H21N7OS.CH4/c1-11(2)26-18-15(17(20)21-10-22-18)16(24-26)12-3-4-13-14(9-12)28-19(23-13)25-5-7-27-8-6-25;/h3-4,9-11H,5-8H2,1-2H3,(H2,20,21,22);1H4. The van der Waals surface area contributed by atoms with Gasteiger partial charge in [-0.25, -0.2) is 19.6 Å². The first-order chi connectivity index (χ1) is 13.6. The molecule has 3 aromatic heterocycles. The molecule has 0 saturated carbocycles. The van der Waals surface area contributed by atoms with E-state index in [2.05, 4.69) is 34.8 Å². The molecule has 1 fully saturated rings. The van der Waals surface area contributed by atoms with Gasteiger partial charge in [0, 0.05) is 24.7 Å². The van der Waals surface area contributed by atoms with Crippen molar-refractivity contribution in [2.24, 2.45) is 0 Å². The molecule has 2 N–H and O–H groups in total. The van der Waals surface area contributed by atoms with Crippen molar-refractivity contribution in [3.63, 3.8) is 0 Å². The van der Waals surface area contributed by atoms with Crippen LogP contribution in [0.3, 0.4) is 0 Å². The van der Waals surface area contributed by atoms with Gasteiger partial charge in [-0.15, -0.1) is 0 Å². The number of benzene rings is 1. The number of rotatable bonds is 3. The van der Waals surface area contributed by atoms with Crippen LogP contribution in [0.4, 0.5) is 10.9 Å². The average Bonchev–Trinajstić information content (AvgIpc) is 3.30. The molecule has 1 aromatic carbocycles. The van der Waals surface area contributed by atoms with E-state index in [-0.39, 0.29) is 13.5 Å². The molecule has 0 spiro atoms. The number of thiazole rings is 1. The summed E-state index contributed by atoms with van der Waals surface area (Å²) in [6.45, 7) is 7.41. The Kier molecular flexibility index (Phi) is 5.10. The van der Waals surface area contributed by atoms with Gasteiger partial charge < -0.3 is 15.4 Å². The number of nitrogens with two attached hydrogens (primary N) is 1. The summed E-state index contributed by atoms with van der Waals surface area (Å²) in [4.78, 5) is 15.7. The highest BCUT2D eigenvalue weighted by atomic mass is 32.1. The maximum absolute atomic E-state index is 6.19. The number of hydrogen-bond donors (Lipinski definition) is 1. The first-order valence-electron chi connectivity index (χ1n) is 9.34. The van der Waals surface area contributed by atoms with Crippen LogP contribution in [0.25, 0.3) is 32.5 Å². The largest absolute Gasteiger partial charge is 0.383 e. The van der Waals surface area contributed by atoms with Crippen molar-refractivity contribution in [2.45, 2.75) is 27.3 Å². The Labute approximate surface area is 173 Å². The fourth-order valence-corrected chi connectivity index (χ4v) is 4.56. The summed E-state index contributed by atoms with van der Waals surface area (Å²) in [5.41, 5.74) is 9.75. The van der Waals surface area contributed by atoms with Crippen molar-refractivity contribution < 1.29 is 4.74 Å². The summed E-state index contributed by atoms with van der Waals surface area (Å²) in [7, 11) is 0. The van der Waals surface area contributed by atoms with Gasteiger partial charge in [0.25, 0.3) is 0 Å². The maximum atomic E-state index is 6.19. The molecule has 9 heteroatoms. The normalized spacial score (nSPS) is 14.7. The van der Waals surface area contributed by atoms with Crippen LogP contribution in [0.1, 0.15) is 27.3 Å². The van der Waals surface area contributed by atoms with Crippen molar-refractivity contribution in [3.8, 4) is 11.3 Å². The number of fused-ring (bicyclic) bond motifs is 2. The van der Waals surface area contributed by atoms with E-state index in [1.165, 1.54) is 6.33 Å². The second kappa shape index (κ2) is 7.57. The predicted molar refractivity (Wildman–Crippen MR) is 118 cm³/mol. The highest BCUT2D eigenvalue weighted by Gasteiger charge is 2.20. The van der Waals surface area contributed by atoms with Crippen LogP contribution in [-0.4, -0.2) is 51.0 Å². The number of morpholine rings is 1. The molecule has 0 radical (unpaired) electrons. The van der Waals surface area contributed by atoms with Gasteiger partial charge in [0.2, 0.25) is 0 Å². The Balaban J connectivity index is 0.00000205. The molecule has 8 nitrogen and oxygen atoms in total. The zero-order chi connectivity index (χ0) is 19.3. The molecule has 29 heavy (non-hydrogen) atoms. The van der Waals surface area contributed by atoms with Crippen LogP contribution in [0.2, 0.25) is 0 Å². The molecule has 0 amide bonds. The summed E-state index contributed by atoms with van der Waals surface area (Å²) in [6.07, 6.45) is 1.49. The molecular formula is C20H25N7OS. The third-order valence-electron chi connectivity index (χ3n) is 4.94. The predicted octanol–water partition coefficient (Wildman–Crippen LogP) is 3.74. The molecule has 152 valence electrons. The van der Waals surface area contributed by atoms with Gasteiger partial charge in [-0.2, -0.15) is 5.10 Å². The van der Waals surface area contributed by atoms with E-state index in [0.29, 0.717) is 5.82 Å². The quantitative estimate of drug-likeness (QED) is 0.549. The van der Waals surface area contributed by atoms with Crippen molar-refractivity contribution in [1.82, 2.24) is 24.7 Å². The van der Waals surface area contributed by atoms with Gasteiger partial charge in [0.15, 0.2) is 10.8 Å². The fraction of sp³-hybridized carbons (Fsp3) is 0.400. The minimum Gasteiger partial charge on any atom is -0.383 e. The van der Waals surface area contributed by atoms with Crippen LogP contribution < -0.4 is 10.6 Å². The van der Waals surface area contributed by atoms with Gasteiger partial charge in [-0.3, -0.25) is 0 Å². The van der Waals surface area contributed by atoms with Crippen molar-refractivity contribution in [1.29, 1.82) is 0 Å². The number of anilines is 2. The molecule has 1 aliphatic heterocycles. The monoisotopic (exact) mass is 411 g/mol. The Hall–Kier alpha value is -2.78. The summed E-state index contributed by atoms with van der Waals surface area (Å²) in [6, 6.07) is 6.40. The molecule has 1 saturated heterocycles. The van der Waals surface area contributed by atoms with Crippen LogP contribution in [0.5, 0.6) is 0 Å². The van der Waals surface area contributed by atoms with Crippen LogP contribution in [0, 0.1) is 0 Å². The topological polar surface area (TPSA) is 95.0 Å². The second-order valence-electron chi connectivity index (χ2n) is 7.12. The highest BCUT2D eigenvalue weighted by Crippen LogP contribution is 2.36. The first-order valence-corrected chi connectivity index (χ1v) is 10.2. The molecule has 0 aliphatic carbocycles. The van der Waals surface area contributed by atoms with Crippen LogP contribution >= 0.6 is 11.3 Å². The minimum atomic E-state index is 0. The molecule has 0 unspecified atom stereocenters. The van der Waals surface area contributed by atoms with Crippen molar-refractivity contribution in [2.75, 3.05) is 36.9 Å². The smallest absolute Gasteiger partial charge is 0.186 e. The summed E-state index contributed by atoms with van der Waals surface area (Å²) in [5, 5.41) is 6.65. The Morgan fingerprint density at radius 1 is 1.17 bits per heavy atom. The van der Waals surface area contributed by atoms with Gasteiger partial charge in [0.1, 0.15) is 17.8 Å². The van der Waals surface area contributed by atoms with E-state index in [1.54, 1.807) is 11.3 Å². The lowest BCUT2D eigenvalue weighted by Gasteiger charge is -2.25. The van der Waals surface area contributed by atoms with Gasteiger partial charge in [-0.05, 0) is 26.0 Å². The number of nitrogens with zero attached hydrogens (tertiary/aromatic N) is 6. The van der Waals surface area contributed by atoms with Gasteiger partial charge >= 0.3 is 0 Å². The molecule has 4 heterocycles. The van der Waals surface area contributed by atoms with Crippen LogP contribution in [0.15, 0.2) is 24.5 Å². The van der Waals surface area contributed by atoms with E-state index < -0.39 is 0 Å². The second-order valence-corrected chi connectivity index (χ2v) is 8.13. The van der Waals surface area contributed by atoms with E-state index >= 15 is 0 Å². The molecule has 0 bridgehead atoms. The first kappa shape index (κ1) is 19.5. The Bertz CT molecular complexity index is 1160. The lowest BCUT2D eigenvalue weighted by Crippen LogP contribution is -2.36. The fourth-order valence-electron chi connectivity index (χ4n) is 3.51. The molecule has 0 atom stereocenters. The zero-order valence-corrected chi connectivity index (χ0v) is 16.6.